The van der Waals surface area contributed by atoms with E-state index in [1.165, 1.54) is 12.0 Å². The second kappa shape index (κ2) is 9.93. The highest BCUT2D eigenvalue weighted by Crippen LogP contribution is 2.32. The van der Waals surface area contributed by atoms with Crippen LogP contribution in [0.15, 0.2) is 54.7 Å². The lowest BCUT2D eigenvalue weighted by Gasteiger charge is -2.44. The molecular weight excluding hydrogens is 444 g/mol. The Hall–Kier alpha value is -2.63. The number of fused-ring (bicyclic) bond motifs is 1. The van der Waals surface area contributed by atoms with E-state index in [1.54, 1.807) is 6.20 Å². The molecular formula is C28H33ClN4O. The molecule has 0 radical (unpaired) electrons. The van der Waals surface area contributed by atoms with Gasteiger partial charge in [0.05, 0.1) is 21.8 Å². The third kappa shape index (κ3) is 4.77. The number of anilines is 1. The predicted octanol–water partition coefficient (Wildman–Crippen LogP) is 5.28. The fourth-order valence-corrected chi connectivity index (χ4v) is 5.89. The summed E-state index contributed by atoms with van der Waals surface area (Å²) in [6.07, 6.45) is 6.08. The topological polar surface area (TPSA) is 62.5 Å². The number of carbonyl (C=O) groups is 1. The number of aromatic nitrogens is 1. The molecule has 2 atom stereocenters. The molecule has 3 heterocycles. The molecule has 0 aliphatic carbocycles. The largest absolute Gasteiger partial charge is 0.398 e. The van der Waals surface area contributed by atoms with E-state index in [4.69, 9.17) is 17.3 Å². The molecule has 5 rings (SSSR count). The highest BCUT2D eigenvalue weighted by Gasteiger charge is 2.33. The normalized spacial score (nSPS) is 22.2. The molecule has 1 aromatic heterocycles. The number of hydrogen-bond donors (Lipinski definition) is 1. The molecule has 2 aliphatic rings. The number of hydrogen-bond acceptors (Lipinski definition) is 4. The molecule has 0 saturated carbocycles. The van der Waals surface area contributed by atoms with Crippen LogP contribution in [0.2, 0.25) is 5.02 Å². The van der Waals surface area contributed by atoms with Crippen LogP contribution in [-0.2, 0) is 6.42 Å². The van der Waals surface area contributed by atoms with Crippen molar-refractivity contribution >= 4 is 34.1 Å². The first-order valence-electron chi connectivity index (χ1n) is 12.4. The number of carbonyl (C=O) groups excluding carboxylic acids is 1. The van der Waals surface area contributed by atoms with Crippen molar-refractivity contribution in [3.8, 4) is 0 Å². The average molecular weight is 477 g/mol. The Morgan fingerprint density at radius 2 is 1.88 bits per heavy atom. The van der Waals surface area contributed by atoms with Gasteiger partial charge in [-0.25, -0.2) is 0 Å². The standard InChI is InChI=1S/C28H33ClN4O/c1-19-18-33(13-9-21(19)16-20-6-7-25(29)26(30)17-20)22-10-14-32(15-11-22)28(34)24-8-12-31-27-5-3-2-4-23(24)27/h2-8,12,17,19,21-22H,9-11,13-16,18,30H2,1H3. The van der Waals surface area contributed by atoms with Crippen LogP contribution in [0.3, 0.4) is 0 Å². The summed E-state index contributed by atoms with van der Waals surface area (Å²) in [6.45, 7) is 6.27. The quantitative estimate of drug-likeness (QED) is 0.520. The minimum atomic E-state index is 0.131. The van der Waals surface area contributed by atoms with E-state index >= 15 is 0 Å². The maximum absolute atomic E-state index is 13.3. The van der Waals surface area contributed by atoms with Gasteiger partial charge < -0.3 is 10.6 Å². The monoisotopic (exact) mass is 476 g/mol. The first-order chi connectivity index (χ1) is 16.5. The molecule has 34 heavy (non-hydrogen) atoms. The van der Waals surface area contributed by atoms with E-state index in [0.29, 0.717) is 28.6 Å². The van der Waals surface area contributed by atoms with E-state index in [2.05, 4.69) is 22.9 Å². The number of halogens is 1. The number of para-hydroxylation sites is 1. The van der Waals surface area contributed by atoms with Gasteiger partial charge in [0.25, 0.3) is 5.91 Å². The minimum absolute atomic E-state index is 0.131. The van der Waals surface area contributed by atoms with Gasteiger partial charge in [-0.3, -0.25) is 14.7 Å². The third-order valence-corrected chi connectivity index (χ3v) is 8.16. The number of pyridine rings is 1. The minimum Gasteiger partial charge on any atom is -0.398 e. The molecule has 2 unspecified atom stereocenters. The summed E-state index contributed by atoms with van der Waals surface area (Å²) in [4.78, 5) is 22.4. The molecule has 2 aromatic carbocycles. The van der Waals surface area contributed by atoms with Crippen LogP contribution in [0.4, 0.5) is 5.69 Å². The Bertz CT molecular complexity index is 1170. The van der Waals surface area contributed by atoms with Gasteiger partial charge in [-0.05, 0) is 73.9 Å². The second-order valence-corrected chi connectivity index (χ2v) is 10.4. The van der Waals surface area contributed by atoms with Crippen molar-refractivity contribution in [2.24, 2.45) is 11.8 Å². The molecule has 2 N–H and O–H groups in total. The first-order valence-corrected chi connectivity index (χ1v) is 12.8. The van der Waals surface area contributed by atoms with Gasteiger partial charge in [0, 0.05) is 37.3 Å². The Labute approximate surface area is 206 Å². The van der Waals surface area contributed by atoms with E-state index in [-0.39, 0.29) is 5.91 Å². The summed E-state index contributed by atoms with van der Waals surface area (Å²) in [5, 5.41) is 1.57. The summed E-state index contributed by atoms with van der Waals surface area (Å²) < 4.78 is 0. The molecule has 0 bridgehead atoms. The van der Waals surface area contributed by atoms with E-state index in [1.807, 2.05) is 47.4 Å². The predicted molar refractivity (Wildman–Crippen MR) is 139 cm³/mol. The third-order valence-electron chi connectivity index (χ3n) is 7.82. The Kier molecular flexibility index (Phi) is 6.75. The summed E-state index contributed by atoms with van der Waals surface area (Å²) in [7, 11) is 0. The van der Waals surface area contributed by atoms with Crippen LogP contribution in [0, 0.1) is 11.8 Å². The average Bonchev–Trinajstić information content (AvgIpc) is 2.87. The lowest BCUT2D eigenvalue weighted by molar-refractivity contribution is 0.0437. The maximum atomic E-state index is 13.3. The van der Waals surface area contributed by atoms with Gasteiger partial charge in [0.2, 0.25) is 0 Å². The fraction of sp³-hybridized carbons (Fsp3) is 0.429. The lowest BCUT2D eigenvalue weighted by Crippen LogP contribution is -2.51. The maximum Gasteiger partial charge on any atom is 0.254 e. The first kappa shape index (κ1) is 23.1. The number of nitrogen functional groups attached to an aromatic ring is 1. The molecule has 3 aromatic rings. The second-order valence-electron chi connectivity index (χ2n) is 9.98. The van der Waals surface area contributed by atoms with Crippen molar-refractivity contribution in [2.45, 2.75) is 38.6 Å². The number of piperidine rings is 2. The van der Waals surface area contributed by atoms with E-state index < -0.39 is 0 Å². The van der Waals surface area contributed by atoms with E-state index in [9.17, 15) is 4.79 Å². The van der Waals surface area contributed by atoms with Crippen molar-refractivity contribution in [3.05, 3.63) is 70.9 Å². The van der Waals surface area contributed by atoms with Gasteiger partial charge in [-0.15, -0.1) is 0 Å². The molecule has 1 amide bonds. The number of rotatable bonds is 4. The number of nitrogens with two attached hydrogens (primary N) is 1. The summed E-state index contributed by atoms with van der Waals surface area (Å²) in [5.41, 5.74) is 9.60. The molecule has 6 heteroatoms. The van der Waals surface area contributed by atoms with Crippen molar-refractivity contribution in [1.82, 2.24) is 14.8 Å². The highest BCUT2D eigenvalue weighted by atomic mass is 35.5. The zero-order valence-corrected chi connectivity index (χ0v) is 20.5. The van der Waals surface area contributed by atoms with Crippen molar-refractivity contribution < 1.29 is 4.79 Å². The van der Waals surface area contributed by atoms with Crippen molar-refractivity contribution in [2.75, 3.05) is 31.9 Å². The highest BCUT2D eigenvalue weighted by molar-refractivity contribution is 6.33. The van der Waals surface area contributed by atoms with Crippen LogP contribution < -0.4 is 5.73 Å². The molecule has 0 spiro atoms. The number of likely N-dealkylation sites (tertiary alicyclic amines) is 2. The molecule has 5 nitrogen and oxygen atoms in total. The van der Waals surface area contributed by atoms with Gasteiger partial charge in [0.15, 0.2) is 0 Å². The summed E-state index contributed by atoms with van der Waals surface area (Å²) >= 11 is 6.09. The van der Waals surface area contributed by atoms with Crippen LogP contribution in [0.25, 0.3) is 10.9 Å². The number of benzene rings is 2. The SMILES string of the molecule is CC1CN(C2CCN(C(=O)c3ccnc4ccccc34)CC2)CCC1Cc1ccc(Cl)c(N)c1. The zero-order chi connectivity index (χ0) is 23.7. The summed E-state index contributed by atoms with van der Waals surface area (Å²) in [6, 6.07) is 16.4. The van der Waals surface area contributed by atoms with Gasteiger partial charge >= 0.3 is 0 Å². The van der Waals surface area contributed by atoms with Crippen LogP contribution in [0.1, 0.15) is 42.1 Å². The van der Waals surface area contributed by atoms with Crippen LogP contribution in [0.5, 0.6) is 0 Å². The summed E-state index contributed by atoms with van der Waals surface area (Å²) in [5.74, 6) is 1.43. The number of amides is 1. The van der Waals surface area contributed by atoms with Gasteiger partial charge in [-0.1, -0.05) is 42.8 Å². The van der Waals surface area contributed by atoms with E-state index in [0.717, 1.165) is 61.9 Å². The van der Waals surface area contributed by atoms with Crippen LogP contribution in [-0.4, -0.2) is 52.9 Å². The molecule has 2 saturated heterocycles. The molecule has 178 valence electrons. The van der Waals surface area contributed by atoms with Gasteiger partial charge in [0.1, 0.15) is 0 Å². The van der Waals surface area contributed by atoms with Crippen LogP contribution >= 0.6 is 11.6 Å². The smallest absolute Gasteiger partial charge is 0.254 e. The fourth-order valence-electron chi connectivity index (χ4n) is 5.77. The Morgan fingerprint density at radius 1 is 1.09 bits per heavy atom. The molecule has 2 aliphatic heterocycles. The van der Waals surface area contributed by atoms with Gasteiger partial charge in [-0.2, -0.15) is 0 Å². The van der Waals surface area contributed by atoms with Crippen molar-refractivity contribution in [3.63, 3.8) is 0 Å². The van der Waals surface area contributed by atoms with Crippen molar-refractivity contribution in [1.29, 1.82) is 0 Å². The zero-order valence-electron chi connectivity index (χ0n) is 19.8. The lowest BCUT2D eigenvalue weighted by atomic mass is 9.81. The number of nitrogens with zero attached hydrogens (tertiary/aromatic N) is 3. The Morgan fingerprint density at radius 3 is 2.65 bits per heavy atom. The Balaban J connectivity index is 1.16. The molecule has 2 fully saturated rings.